The van der Waals surface area contributed by atoms with Crippen LogP contribution < -0.4 is 0 Å². The van der Waals surface area contributed by atoms with E-state index in [2.05, 4.69) is 29.3 Å². The minimum absolute atomic E-state index is 0.0179. The summed E-state index contributed by atoms with van der Waals surface area (Å²) in [4.78, 5) is 14.8. The fourth-order valence-electron chi connectivity index (χ4n) is 3.56. The van der Waals surface area contributed by atoms with E-state index in [1.807, 2.05) is 21.6 Å². The molecule has 3 heterocycles. The molecule has 2 saturated heterocycles. The Kier molecular flexibility index (Phi) is 5.75. The van der Waals surface area contributed by atoms with Crippen molar-refractivity contribution in [1.29, 1.82) is 0 Å². The maximum Gasteiger partial charge on any atom is 0.233 e. The SMILES string of the molecule is Cc1ccc(-n2cnnc2SCC(=O)N2CCCCC2C2OCCO2)cc1. The summed E-state index contributed by atoms with van der Waals surface area (Å²) < 4.78 is 13.2. The molecule has 0 spiro atoms. The molecule has 0 bridgehead atoms. The van der Waals surface area contributed by atoms with Crippen LogP contribution in [0.4, 0.5) is 0 Å². The average molecular weight is 388 g/mol. The van der Waals surface area contributed by atoms with Gasteiger partial charge in [0.1, 0.15) is 6.33 Å². The number of hydrogen-bond acceptors (Lipinski definition) is 6. The number of hydrogen-bond donors (Lipinski definition) is 0. The van der Waals surface area contributed by atoms with Crippen LogP contribution in [0.15, 0.2) is 35.7 Å². The molecule has 0 saturated carbocycles. The predicted octanol–water partition coefficient (Wildman–Crippen LogP) is 2.42. The number of piperidine rings is 1. The normalized spacial score (nSPS) is 20.9. The Labute approximate surface area is 163 Å². The molecule has 2 aliphatic heterocycles. The highest BCUT2D eigenvalue weighted by atomic mass is 32.2. The quantitative estimate of drug-likeness (QED) is 0.733. The molecule has 1 atom stereocenters. The van der Waals surface area contributed by atoms with Gasteiger partial charge in [0, 0.05) is 12.2 Å². The minimum atomic E-state index is -0.282. The topological polar surface area (TPSA) is 69.5 Å². The van der Waals surface area contributed by atoms with Crippen molar-refractivity contribution in [2.45, 2.75) is 43.7 Å². The van der Waals surface area contributed by atoms with E-state index < -0.39 is 0 Å². The molecular weight excluding hydrogens is 364 g/mol. The van der Waals surface area contributed by atoms with Gasteiger partial charge in [-0.3, -0.25) is 9.36 Å². The number of aryl methyl sites for hydroxylation is 1. The number of benzene rings is 1. The largest absolute Gasteiger partial charge is 0.348 e. The first-order chi connectivity index (χ1) is 13.2. The second-order valence-electron chi connectivity index (χ2n) is 6.87. The summed E-state index contributed by atoms with van der Waals surface area (Å²) in [6, 6.07) is 8.17. The first-order valence-corrected chi connectivity index (χ1v) is 10.3. The second kappa shape index (κ2) is 8.41. The van der Waals surface area contributed by atoms with Crippen molar-refractivity contribution < 1.29 is 14.3 Å². The van der Waals surface area contributed by atoms with E-state index in [0.717, 1.165) is 31.5 Å². The van der Waals surface area contributed by atoms with E-state index in [4.69, 9.17) is 9.47 Å². The van der Waals surface area contributed by atoms with Crippen molar-refractivity contribution in [1.82, 2.24) is 19.7 Å². The monoisotopic (exact) mass is 388 g/mol. The van der Waals surface area contributed by atoms with E-state index in [-0.39, 0.29) is 18.2 Å². The molecule has 27 heavy (non-hydrogen) atoms. The van der Waals surface area contributed by atoms with Gasteiger partial charge in [0.25, 0.3) is 0 Å². The third-order valence-electron chi connectivity index (χ3n) is 4.98. The van der Waals surface area contributed by atoms with Crippen molar-refractivity contribution in [2.75, 3.05) is 25.5 Å². The molecular formula is C19H24N4O3S. The van der Waals surface area contributed by atoms with E-state index >= 15 is 0 Å². The maximum atomic E-state index is 12.9. The van der Waals surface area contributed by atoms with E-state index in [0.29, 0.717) is 24.1 Å². The van der Waals surface area contributed by atoms with Gasteiger partial charge in [-0.15, -0.1) is 10.2 Å². The number of thioether (sulfide) groups is 1. The van der Waals surface area contributed by atoms with Crippen LogP contribution >= 0.6 is 11.8 Å². The number of nitrogens with zero attached hydrogens (tertiary/aromatic N) is 4. The molecule has 1 aromatic heterocycles. The third kappa shape index (κ3) is 4.17. The summed E-state index contributed by atoms with van der Waals surface area (Å²) in [5.41, 5.74) is 2.19. The van der Waals surface area contributed by atoms with Crippen LogP contribution in [0.3, 0.4) is 0 Å². The zero-order valence-electron chi connectivity index (χ0n) is 15.4. The predicted molar refractivity (Wildman–Crippen MR) is 102 cm³/mol. The number of carbonyl (C=O) groups is 1. The molecule has 4 rings (SSSR count). The van der Waals surface area contributed by atoms with Gasteiger partial charge in [-0.1, -0.05) is 29.5 Å². The first-order valence-electron chi connectivity index (χ1n) is 9.35. The molecule has 1 amide bonds. The number of rotatable bonds is 5. The Balaban J connectivity index is 1.42. The van der Waals surface area contributed by atoms with Gasteiger partial charge in [0.15, 0.2) is 11.4 Å². The van der Waals surface area contributed by atoms with E-state index in [1.54, 1.807) is 6.33 Å². The Morgan fingerprint density at radius 3 is 2.78 bits per heavy atom. The van der Waals surface area contributed by atoms with Crippen LogP contribution in [0.5, 0.6) is 0 Å². The summed E-state index contributed by atoms with van der Waals surface area (Å²) >= 11 is 1.42. The molecule has 144 valence electrons. The van der Waals surface area contributed by atoms with E-state index in [1.165, 1.54) is 17.3 Å². The fourth-order valence-corrected chi connectivity index (χ4v) is 4.38. The van der Waals surface area contributed by atoms with Gasteiger partial charge >= 0.3 is 0 Å². The molecule has 7 nitrogen and oxygen atoms in total. The van der Waals surface area contributed by atoms with Crippen molar-refractivity contribution in [3.05, 3.63) is 36.2 Å². The zero-order valence-corrected chi connectivity index (χ0v) is 16.2. The molecule has 1 unspecified atom stereocenters. The average Bonchev–Trinajstić information content (AvgIpc) is 3.39. The lowest BCUT2D eigenvalue weighted by molar-refractivity contribution is -0.148. The maximum absolute atomic E-state index is 12.9. The second-order valence-corrected chi connectivity index (χ2v) is 7.81. The van der Waals surface area contributed by atoms with Crippen molar-refractivity contribution in [3.63, 3.8) is 0 Å². The highest BCUT2D eigenvalue weighted by Gasteiger charge is 2.36. The lowest BCUT2D eigenvalue weighted by atomic mass is 10.0. The number of aromatic nitrogens is 3. The third-order valence-corrected chi connectivity index (χ3v) is 5.91. The molecule has 2 fully saturated rings. The van der Waals surface area contributed by atoms with Crippen LogP contribution in [0.25, 0.3) is 5.69 Å². The highest BCUT2D eigenvalue weighted by Crippen LogP contribution is 2.26. The van der Waals surface area contributed by atoms with Crippen molar-refractivity contribution in [3.8, 4) is 5.69 Å². The van der Waals surface area contributed by atoms with Gasteiger partial charge in [-0.05, 0) is 38.3 Å². The number of ether oxygens (including phenoxy) is 2. The standard InChI is InChI=1S/C19H24N4O3S/c1-14-5-7-15(8-6-14)23-13-20-21-19(23)27-12-17(24)22-9-3-2-4-16(22)18-25-10-11-26-18/h5-8,13,16,18H,2-4,9-12H2,1H3. The Morgan fingerprint density at radius 2 is 2.00 bits per heavy atom. The van der Waals surface area contributed by atoms with Crippen molar-refractivity contribution >= 4 is 17.7 Å². The Hall–Kier alpha value is -1.90. The number of amides is 1. The Bertz CT molecular complexity index is 774. The molecule has 2 aromatic rings. The molecule has 0 aliphatic carbocycles. The Morgan fingerprint density at radius 1 is 1.22 bits per heavy atom. The first kappa shape index (κ1) is 18.5. The van der Waals surface area contributed by atoms with Gasteiger partial charge in [0.05, 0.1) is 25.0 Å². The summed E-state index contributed by atoms with van der Waals surface area (Å²) in [5.74, 6) is 0.426. The summed E-state index contributed by atoms with van der Waals surface area (Å²) in [5, 5.41) is 8.92. The highest BCUT2D eigenvalue weighted by molar-refractivity contribution is 7.99. The summed E-state index contributed by atoms with van der Waals surface area (Å²) in [6.45, 7) is 4.03. The van der Waals surface area contributed by atoms with E-state index in [9.17, 15) is 4.79 Å². The van der Waals surface area contributed by atoms with Gasteiger partial charge in [-0.25, -0.2) is 0 Å². The van der Waals surface area contributed by atoms with Crippen LogP contribution in [0, 0.1) is 6.92 Å². The lowest BCUT2D eigenvalue weighted by Crippen LogP contribution is -2.50. The van der Waals surface area contributed by atoms with Crippen LogP contribution in [-0.4, -0.2) is 63.4 Å². The van der Waals surface area contributed by atoms with Crippen molar-refractivity contribution in [2.24, 2.45) is 0 Å². The lowest BCUT2D eigenvalue weighted by Gasteiger charge is -2.37. The molecule has 1 aromatic carbocycles. The van der Waals surface area contributed by atoms with Crippen LogP contribution in [0.2, 0.25) is 0 Å². The molecule has 0 radical (unpaired) electrons. The molecule has 0 N–H and O–H groups in total. The molecule has 2 aliphatic rings. The summed E-state index contributed by atoms with van der Waals surface area (Å²) in [7, 11) is 0. The van der Waals surface area contributed by atoms with Gasteiger partial charge in [-0.2, -0.15) is 0 Å². The van der Waals surface area contributed by atoms with Crippen LogP contribution in [-0.2, 0) is 14.3 Å². The number of carbonyl (C=O) groups excluding carboxylic acids is 1. The fraction of sp³-hybridized carbons (Fsp3) is 0.526. The minimum Gasteiger partial charge on any atom is -0.348 e. The number of likely N-dealkylation sites (tertiary alicyclic amines) is 1. The zero-order chi connectivity index (χ0) is 18.6. The van der Waals surface area contributed by atoms with Gasteiger partial charge in [0.2, 0.25) is 5.91 Å². The summed E-state index contributed by atoms with van der Waals surface area (Å²) in [6.07, 6.45) is 4.46. The smallest absolute Gasteiger partial charge is 0.233 e. The van der Waals surface area contributed by atoms with Crippen LogP contribution in [0.1, 0.15) is 24.8 Å². The van der Waals surface area contributed by atoms with Gasteiger partial charge < -0.3 is 14.4 Å². The molecule has 8 heteroatoms.